The van der Waals surface area contributed by atoms with Crippen molar-refractivity contribution in [3.63, 3.8) is 0 Å². The van der Waals surface area contributed by atoms with Crippen molar-refractivity contribution in [2.45, 2.75) is 12.8 Å². The first-order valence-electron chi connectivity index (χ1n) is 4.34. The Morgan fingerprint density at radius 2 is 2.00 bits per heavy atom. The Labute approximate surface area is 85.6 Å². The molecule has 0 aromatic heterocycles. The van der Waals surface area contributed by atoms with Crippen LogP contribution in [0.3, 0.4) is 0 Å². The van der Waals surface area contributed by atoms with Crippen molar-refractivity contribution in [2.75, 3.05) is 6.61 Å². The second kappa shape index (κ2) is 5.98. The summed E-state index contributed by atoms with van der Waals surface area (Å²) in [4.78, 5) is 0. The molecule has 1 nitrogen and oxygen atoms in total. The first-order chi connectivity index (χ1) is 6.33. The van der Waals surface area contributed by atoms with E-state index >= 15 is 0 Å². The molecule has 0 heterocycles. The number of hydrogen-bond acceptors (Lipinski definition) is 1. The Bertz CT molecular complexity index is 256. The molecule has 0 spiro atoms. The summed E-state index contributed by atoms with van der Waals surface area (Å²) in [6.07, 6.45) is 1.79. The summed E-state index contributed by atoms with van der Waals surface area (Å²) in [5.41, 5.74) is 0. The van der Waals surface area contributed by atoms with E-state index in [2.05, 4.69) is 30.8 Å². The number of hydrogen-bond donors (Lipinski definition) is 1. The van der Waals surface area contributed by atoms with E-state index in [0.29, 0.717) is 15.0 Å². The van der Waals surface area contributed by atoms with Gasteiger partial charge in [0.05, 0.1) is 0 Å². The zero-order chi connectivity index (χ0) is 9.52. The van der Waals surface area contributed by atoms with E-state index in [1.165, 1.54) is 8.93 Å². The minimum absolute atomic E-state index is 0.268. The standard InChI is InChI=1S/C11H14OSe/c1-10(6-5-9-12)13-11-7-3-2-4-8-11/h2-4,7-8,12H,1,5-6,9H2. The Kier molecular flexibility index (Phi) is 4.84. The first kappa shape index (κ1) is 10.5. The van der Waals surface area contributed by atoms with Gasteiger partial charge in [0.1, 0.15) is 0 Å². The van der Waals surface area contributed by atoms with Gasteiger partial charge in [0.25, 0.3) is 0 Å². The van der Waals surface area contributed by atoms with Crippen LogP contribution in [0.5, 0.6) is 0 Å². The molecule has 0 radical (unpaired) electrons. The molecule has 0 saturated heterocycles. The molecular weight excluding hydrogens is 227 g/mol. The van der Waals surface area contributed by atoms with E-state index in [1.807, 2.05) is 6.07 Å². The normalized spacial score (nSPS) is 9.92. The van der Waals surface area contributed by atoms with Gasteiger partial charge in [0, 0.05) is 0 Å². The second-order valence-corrected chi connectivity index (χ2v) is 5.41. The average molecular weight is 241 g/mol. The molecule has 0 unspecified atom stereocenters. The van der Waals surface area contributed by atoms with Crippen molar-refractivity contribution in [3.8, 4) is 0 Å². The quantitative estimate of drug-likeness (QED) is 0.770. The van der Waals surface area contributed by atoms with Crippen molar-refractivity contribution in [3.05, 3.63) is 41.4 Å². The molecule has 0 fully saturated rings. The van der Waals surface area contributed by atoms with Crippen LogP contribution in [0.1, 0.15) is 12.8 Å². The van der Waals surface area contributed by atoms with Crippen LogP contribution in [-0.2, 0) is 0 Å². The SMILES string of the molecule is C=C(CCCO)[Se]c1ccccc1. The molecule has 0 bridgehead atoms. The van der Waals surface area contributed by atoms with Gasteiger partial charge in [-0.3, -0.25) is 0 Å². The minimum atomic E-state index is 0.268. The molecule has 0 aliphatic rings. The van der Waals surface area contributed by atoms with Crippen LogP contribution in [0, 0.1) is 0 Å². The van der Waals surface area contributed by atoms with Crippen LogP contribution in [0.4, 0.5) is 0 Å². The van der Waals surface area contributed by atoms with Crippen LogP contribution in [0.25, 0.3) is 0 Å². The van der Waals surface area contributed by atoms with E-state index in [1.54, 1.807) is 0 Å². The third-order valence-corrected chi connectivity index (χ3v) is 3.72. The molecular formula is C11H14OSe. The predicted octanol–water partition coefficient (Wildman–Crippen LogP) is 1.30. The molecule has 13 heavy (non-hydrogen) atoms. The zero-order valence-electron chi connectivity index (χ0n) is 7.57. The monoisotopic (exact) mass is 242 g/mol. The van der Waals surface area contributed by atoms with Crippen LogP contribution in [0.15, 0.2) is 41.4 Å². The van der Waals surface area contributed by atoms with Gasteiger partial charge < -0.3 is 0 Å². The van der Waals surface area contributed by atoms with E-state index in [-0.39, 0.29) is 6.61 Å². The van der Waals surface area contributed by atoms with E-state index < -0.39 is 0 Å². The van der Waals surface area contributed by atoms with Crippen molar-refractivity contribution in [2.24, 2.45) is 0 Å². The summed E-state index contributed by atoms with van der Waals surface area (Å²) in [5, 5.41) is 8.65. The first-order valence-corrected chi connectivity index (χ1v) is 6.06. The maximum absolute atomic E-state index is 8.65. The van der Waals surface area contributed by atoms with Crippen molar-refractivity contribution < 1.29 is 5.11 Å². The number of aliphatic hydroxyl groups is 1. The number of aliphatic hydroxyl groups excluding tert-OH is 1. The van der Waals surface area contributed by atoms with Crippen molar-refractivity contribution in [1.29, 1.82) is 0 Å². The fourth-order valence-corrected chi connectivity index (χ4v) is 2.81. The number of rotatable bonds is 5. The summed E-state index contributed by atoms with van der Waals surface area (Å²) in [6.45, 7) is 4.27. The summed E-state index contributed by atoms with van der Waals surface area (Å²) in [5.74, 6) is 0. The van der Waals surface area contributed by atoms with Gasteiger partial charge in [0.15, 0.2) is 0 Å². The predicted molar refractivity (Wildman–Crippen MR) is 57.3 cm³/mol. The zero-order valence-corrected chi connectivity index (χ0v) is 9.28. The molecule has 0 aliphatic heterocycles. The molecule has 2 heteroatoms. The summed E-state index contributed by atoms with van der Waals surface area (Å²) in [7, 11) is 0. The molecule has 0 aliphatic carbocycles. The van der Waals surface area contributed by atoms with Gasteiger partial charge in [-0.05, 0) is 0 Å². The number of allylic oxidation sites excluding steroid dienone is 1. The van der Waals surface area contributed by atoms with E-state index in [9.17, 15) is 0 Å². The van der Waals surface area contributed by atoms with Gasteiger partial charge in [-0.25, -0.2) is 0 Å². The van der Waals surface area contributed by atoms with Gasteiger partial charge in [0.2, 0.25) is 0 Å². The fourth-order valence-electron chi connectivity index (χ4n) is 0.982. The Hall–Kier alpha value is -0.561. The van der Waals surface area contributed by atoms with Crippen LogP contribution >= 0.6 is 0 Å². The molecule has 1 N–H and O–H groups in total. The summed E-state index contributed by atoms with van der Waals surface area (Å²) < 4.78 is 2.62. The summed E-state index contributed by atoms with van der Waals surface area (Å²) in [6, 6.07) is 10.4. The van der Waals surface area contributed by atoms with Gasteiger partial charge in [-0.15, -0.1) is 0 Å². The Morgan fingerprint density at radius 3 is 2.62 bits per heavy atom. The van der Waals surface area contributed by atoms with Gasteiger partial charge in [-0.2, -0.15) is 0 Å². The van der Waals surface area contributed by atoms with Gasteiger partial charge in [-0.1, -0.05) is 0 Å². The topological polar surface area (TPSA) is 20.2 Å². The summed E-state index contributed by atoms with van der Waals surface area (Å²) >= 11 is 0.371. The molecule has 1 rings (SSSR count). The third kappa shape index (κ3) is 4.28. The van der Waals surface area contributed by atoms with Crippen LogP contribution in [0.2, 0.25) is 0 Å². The van der Waals surface area contributed by atoms with Crippen LogP contribution in [-0.4, -0.2) is 26.7 Å². The Balaban J connectivity index is 2.37. The van der Waals surface area contributed by atoms with Crippen molar-refractivity contribution in [1.82, 2.24) is 0 Å². The van der Waals surface area contributed by atoms with Gasteiger partial charge >= 0.3 is 85.4 Å². The average Bonchev–Trinajstić information content (AvgIpc) is 2.16. The molecule has 70 valence electrons. The third-order valence-electron chi connectivity index (χ3n) is 1.62. The van der Waals surface area contributed by atoms with E-state index in [4.69, 9.17) is 5.11 Å². The fraction of sp³-hybridized carbons (Fsp3) is 0.273. The molecule has 1 aromatic rings. The molecule has 0 saturated carbocycles. The second-order valence-electron chi connectivity index (χ2n) is 2.78. The molecule has 0 amide bonds. The number of benzene rings is 1. The van der Waals surface area contributed by atoms with Crippen LogP contribution < -0.4 is 4.46 Å². The van der Waals surface area contributed by atoms with E-state index in [0.717, 1.165) is 12.8 Å². The molecule has 1 aromatic carbocycles. The molecule has 0 atom stereocenters. The van der Waals surface area contributed by atoms with Crippen molar-refractivity contribution >= 4 is 19.4 Å². The Morgan fingerprint density at radius 1 is 1.31 bits per heavy atom. The maximum atomic E-state index is 8.65.